The molecule has 3 nitrogen and oxygen atoms in total. The molecule has 6 rings (SSSR count). The van der Waals surface area contributed by atoms with E-state index in [9.17, 15) is 0 Å². The van der Waals surface area contributed by atoms with Crippen LogP contribution in [0.4, 0.5) is 0 Å². The first-order valence-electron chi connectivity index (χ1n) is 12.5. The first-order valence-corrected chi connectivity index (χ1v) is 12.5. The second-order valence-electron chi connectivity index (χ2n) is 11.2. The van der Waals surface area contributed by atoms with E-state index in [0.717, 1.165) is 51.0 Å². The predicted molar refractivity (Wildman–Crippen MR) is 146 cm³/mol. The summed E-state index contributed by atoms with van der Waals surface area (Å²) < 4.78 is 12.8. The van der Waals surface area contributed by atoms with Gasteiger partial charge in [0.15, 0.2) is 0 Å². The summed E-state index contributed by atoms with van der Waals surface area (Å²) in [6.07, 6.45) is 2.84. The van der Waals surface area contributed by atoms with Gasteiger partial charge in [0.2, 0.25) is 0 Å². The lowest BCUT2D eigenvalue weighted by molar-refractivity contribution is 0.562. The van der Waals surface area contributed by atoms with Gasteiger partial charge < -0.3 is 8.83 Å². The third-order valence-electron chi connectivity index (χ3n) is 7.06. The van der Waals surface area contributed by atoms with Crippen LogP contribution in [0.2, 0.25) is 0 Å². The van der Waals surface area contributed by atoms with E-state index in [0.29, 0.717) is 5.92 Å². The quantitative estimate of drug-likeness (QED) is 0.263. The third kappa shape index (κ3) is 3.44. The number of aromatic nitrogens is 1. The summed E-state index contributed by atoms with van der Waals surface area (Å²) in [4.78, 5) is 4.91. The Hall–Kier alpha value is -3.59. The zero-order valence-electron chi connectivity index (χ0n) is 21.3. The average Bonchev–Trinajstić information content (AvgIpc) is 3.34. The molecule has 3 heteroatoms. The highest BCUT2D eigenvalue weighted by Gasteiger charge is 2.23. The zero-order valence-corrected chi connectivity index (χ0v) is 21.3. The topological polar surface area (TPSA) is 39.2 Å². The molecular formula is C32H31NO2. The maximum atomic E-state index is 6.43. The van der Waals surface area contributed by atoms with Gasteiger partial charge >= 0.3 is 0 Å². The van der Waals surface area contributed by atoms with E-state index in [1.54, 1.807) is 0 Å². The first-order chi connectivity index (χ1) is 16.7. The number of hydrogen-bond donors (Lipinski definition) is 0. The smallest absolute Gasteiger partial charge is 0.146 e. The third-order valence-corrected chi connectivity index (χ3v) is 7.06. The summed E-state index contributed by atoms with van der Waals surface area (Å²) in [5.41, 5.74) is 7.22. The molecular weight excluding hydrogens is 430 g/mol. The van der Waals surface area contributed by atoms with Crippen molar-refractivity contribution in [2.45, 2.75) is 53.4 Å². The number of fused-ring (bicyclic) bond motifs is 6. The number of hydrogen-bond acceptors (Lipinski definition) is 3. The van der Waals surface area contributed by atoms with E-state index in [1.165, 1.54) is 27.3 Å². The summed E-state index contributed by atoms with van der Waals surface area (Å²) in [6, 6.07) is 19.4. The predicted octanol–water partition coefficient (Wildman–Crippen LogP) is 9.35. The van der Waals surface area contributed by atoms with E-state index in [2.05, 4.69) is 90.1 Å². The molecule has 0 amide bonds. The molecule has 35 heavy (non-hydrogen) atoms. The molecule has 0 N–H and O–H groups in total. The van der Waals surface area contributed by atoms with Crippen molar-refractivity contribution in [1.29, 1.82) is 0 Å². The zero-order chi connectivity index (χ0) is 24.5. The molecule has 0 aliphatic rings. The minimum absolute atomic E-state index is 0.000882. The molecule has 0 atom stereocenters. The van der Waals surface area contributed by atoms with Gasteiger partial charge in [0.25, 0.3) is 0 Å². The van der Waals surface area contributed by atoms with Crippen molar-refractivity contribution >= 4 is 43.7 Å². The molecule has 176 valence electrons. The monoisotopic (exact) mass is 461 g/mol. The Balaban J connectivity index is 1.71. The first kappa shape index (κ1) is 21.9. The van der Waals surface area contributed by atoms with E-state index in [1.807, 2.05) is 12.3 Å². The Morgan fingerprint density at radius 1 is 0.857 bits per heavy atom. The molecule has 3 heterocycles. The molecule has 0 radical (unpaired) electrons. The van der Waals surface area contributed by atoms with Gasteiger partial charge in [-0.25, -0.2) is 0 Å². The standard InChI is InChI=1S/C32H31NO2/c1-18(2)15-24-19(3)34-31-23(24)11-12-26-29(31)28-27(35-26)13-14-33-30(28)21-16-20-9-7-8-10-22(20)25(17-21)32(4,5)6/h7-14,16-18H,15H2,1-6H3. The van der Waals surface area contributed by atoms with Crippen LogP contribution in [0.3, 0.4) is 0 Å². The Kier molecular flexibility index (Phi) is 4.83. The lowest BCUT2D eigenvalue weighted by Crippen LogP contribution is -2.12. The second kappa shape index (κ2) is 7.71. The van der Waals surface area contributed by atoms with Crippen LogP contribution in [-0.2, 0) is 11.8 Å². The number of rotatable bonds is 3. The molecule has 0 saturated heterocycles. The van der Waals surface area contributed by atoms with Gasteiger partial charge in [0, 0.05) is 22.7 Å². The average molecular weight is 462 g/mol. The van der Waals surface area contributed by atoms with Crippen molar-refractivity contribution in [3.63, 3.8) is 0 Å². The lowest BCUT2D eigenvalue weighted by atomic mass is 9.82. The minimum atomic E-state index is -0.000882. The van der Waals surface area contributed by atoms with Crippen LogP contribution in [-0.4, -0.2) is 4.98 Å². The van der Waals surface area contributed by atoms with Crippen molar-refractivity contribution in [3.8, 4) is 11.3 Å². The van der Waals surface area contributed by atoms with E-state index in [-0.39, 0.29) is 5.41 Å². The van der Waals surface area contributed by atoms with Crippen LogP contribution >= 0.6 is 0 Å². The van der Waals surface area contributed by atoms with Crippen LogP contribution in [0.5, 0.6) is 0 Å². The Labute approximate surface area is 205 Å². The molecule has 0 saturated carbocycles. The summed E-state index contributed by atoms with van der Waals surface area (Å²) >= 11 is 0. The molecule has 3 aromatic carbocycles. The van der Waals surface area contributed by atoms with Crippen molar-refractivity contribution in [2.75, 3.05) is 0 Å². The molecule has 3 aromatic heterocycles. The summed E-state index contributed by atoms with van der Waals surface area (Å²) in [7, 11) is 0. The molecule has 6 aromatic rings. The maximum absolute atomic E-state index is 6.43. The van der Waals surface area contributed by atoms with E-state index in [4.69, 9.17) is 13.8 Å². The normalized spacial score (nSPS) is 12.7. The van der Waals surface area contributed by atoms with Crippen LogP contribution < -0.4 is 0 Å². The minimum Gasteiger partial charge on any atom is -0.460 e. The van der Waals surface area contributed by atoms with Crippen molar-refractivity contribution in [1.82, 2.24) is 4.98 Å². The van der Waals surface area contributed by atoms with Crippen LogP contribution in [0, 0.1) is 12.8 Å². The Bertz CT molecular complexity index is 1740. The highest BCUT2D eigenvalue weighted by Crippen LogP contribution is 2.43. The summed E-state index contributed by atoms with van der Waals surface area (Å²) in [5.74, 6) is 1.54. The molecule has 0 bridgehead atoms. The highest BCUT2D eigenvalue weighted by atomic mass is 16.3. The van der Waals surface area contributed by atoms with Crippen LogP contribution in [0.15, 0.2) is 69.6 Å². The van der Waals surface area contributed by atoms with Gasteiger partial charge in [0.1, 0.15) is 22.5 Å². The second-order valence-corrected chi connectivity index (χ2v) is 11.2. The van der Waals surface area contributed by atoms with Gasteiger partial charge in [-0.05, 0) is 71.3 Å². The molecule has 0 aliphatic carbocycles. The van der Waals surface area contributed by atoms with Crippen molar-refractivity contribution < 1.29 is 8.83 Å². The fraction of sp³-hybridized carbons (Fsp3) is 0.281. The molecule has 0 unspecified atom stereocenters. The Morgan fingerprint density at radius 3 is 2.40 bits per heavy atom. The number of furan rings is 2. The van der Waals surface area contributed by atoms with E-state index >= 15 is 0 Å². The van der Waals surface area contributed by atoms with Gasteiger partial charge in [-0.2, -0.15) is 0 Å². The van der Waals surface area contributed by atoms with Gasteiger partial charge in [0.05, 0.1) is 16.5 Å². The maximum Gasteiger partial charge on any atom is 0.146 e. The SMILES string of the molecule is Cc1oc2c(ccc3oc4ccnc(-c5cc(C(C)(C)C)c6ccccc6c5)c4c32)c1CC(C)C. The lowest BCUT2D eigenvalue weighted by Gasteiger charge is -2.22. The molecule has 0 fully saturated rings. The van der Waals surface area contributed by atoms with Crippen molar-refractivity contribution in [3.05, 3.63) is 77.7 Å². The Morgan fingerprint density at radius 2 is 1.63 bits per heavy atom. The highest BCUT2D eigenvalue weighted by molar-refractivity contribution is 6.21. The van der Waals surface area contributed by atoms with Crippen LogP contribution in [0.25, 0.3) is 54.9 Å². The number of aryl methyl sites for hydroxylation is 1. The summed E-state index contributed by atoms with van der Waals surface area (Å²) in [5, 5.41) is 5.72. The largest absolute Gasteiger partial charge is 0.460 e. The van der Waals surface area contributed by atoms with Crippen molar-refractivity contribution in [2.24, 2.45) is 5.92 Å². The van der Waals surface area contributed by atoms with Crippen LogP contribution in [0.1, 0.15) is 51.5 Å². The van der Waals surface area contributed by atoms with Gasteiger partial charge in [-0.3, -0.25) is 4.98 Å². The molecule has 0 spiro atoms. The van der Waals surface area contributed by atoms with Gasteiger partial charge in [-0.15, -0.1) is 0 Å². The number of pyridine rings is 1. The van der Waals surface area contributed by atoms with Gasteiger partial charge in [-0.1, -0.05) is 58.9 Å². The molecule has 0 aliphatic heterocycles. The fourth-order valence-electron chi connectivity index (χ4n) is 5.47. The number of nitrogens with zero attached hydrogens (tertiary/aromatic N) is 1. The fourth-order valence-corrected chi connectivity index (χ4v) is 5.47. The summed E-state index contributed by atoms with van der Waals surface area (Å²) in [6.45, 7) is 13.4. The number of benzene rings is 3. The van der Waals surface area contributed by atoms with E-state index < -0.39 is 0 Å².